The second-order valence-electron chi connectivity index (χ2n) is 5.43. The fourth-order valence-electron chi connectivity index (χ4n) is 2.60. The van der Waals surface area contributed by atoms with E-state index in [1.54, 1.807) is 6.07 Å². The van der Waals surface area contributed by atoms with E-state index < -0.39 is 5.82 Å². The number of nitrogens with two attached hydrogens (primary N) is 1. The van der Waals surface area contributed by atoms with Crippen LogP contribution in [0.25, 0.3) is 5.69 Å². The molecule has 0 atom stereocenters. The van der Waals surface area contributed by atoms with Crippen LogP contribution in [-0.4, -0.2) is 31.3 Å². The van der Waals surface area contributed by atoms with E-state index in [1.165, 1.54) is 23.9 Å². The highest BCUT2D eigenvalue weighted by Gasteiger charge is 2.18. The lowest BCUT2D eigenvalue weighted by Gasteiger charge is -2.10. The van der Waals surface area contributed by atoms with E-state index in [9.17, 15) is 9.18 Å². The Hall–Kier alpha value is -2.32. The van der Waals surface area contributed by atoms with Crippen molar-refractivity contribution in [3.63, 3.8) is 0 Å². The lowest BCUT2D eigenvalue weighted by atomic mass is 10.2. The molecule has 3 rings (SSSR count). The Morgan fingerprint density at radius 2 is 2.16 bits per heavy atom. The Balaban J connectivity index is 1.85. The SMILES string of the molecule is Cc1cc(C(=O)CSc2n[nH]c(N)n2)c(C)n1-c1ccc(F)c(Cl)c1. The molecule has 25 heavy (non-hydrogen) atoms. The summed E-state index contributed by atoms with van der Waals surface area (Å²) in [6.07, 6.45) is 0. The molecule has 3 N–H and O–H groups in total. The summed E-state index contributed by atoms with van der Waals surface area (Å²) < 4.78 is 15.3. The summed E-state index contributed by atoms with van der Waals surface area (Å²) in [4.78, 5) is 16.5. The highest BCUT2D eigenvalue weighted by Crippen LogP contribution is 2.26. The standard InChI is InChI=1S/C16H15ClFN5OS/c1-8-5-11(14(24)7-25-16-20-15(19)21-22-16)9(2)23(8)10-3-4-13(18)12(17)6-10/h3-6H,7H2,1-2H3,(H3,19,20,21,22). The molecule has 0 aliphatic carbocycles. The van der Waals surface area contributed by atoms with Crippen LogP contribution in [0.5, 0.6) is 0 Å². The van der Waals surface area contributed by atoms with Gasteiger partial charge < -0.3 is 10.3 Å². The van der Waals surface area contributed by atoms with Gasteiger partial charge in [0.25, 0.3) is 0 Å². The topological polar surface area (TPSA) is 89.6 Å². The minimum absolute atomic E-state index is 0.0376. The number of rotatable bonds is 5. The van der Waals surface area contributed by atoms with Gasteiger partial charge in [-0.15, -0.1) is 5.10 Å². The van der Waals surface area contributed by atoms with Gasteiger partial charge in [-0.25, -0.2) is 9.49 Å². The number of aromatic nitrogens is 4. The number of carbonyl (C=O) groups excluding carboxylic acids is 1. The molecule has 9 heteroatoms. The van der Waals surface area contributed by atoms with Gasteiger partial charge in [-0.2, -0.15) is 4.98 Å². The largest absolute Gasteiger partial charge is 0.368 e. The lowest BCUT2D eigenvalue weighted by Crippen LogP contribution is -2.06. The van der Waals surface area contributed by atoms with Gasteiger partial charge in [0.05, 0.1) is 10.8 Å². The van der Waals surface area contributed by atoms with Crippen LogP contribution in [-0.2, 0) is 0 Å². The van der Waals surface area contributed by atoms with Crippen LogP contribution in [0.4, 0.5) is 10.3 Å². The Kier molecular flexibility index (Phi) is 4.82. The average molecular weight is 380 g/mol. The number of halogens is 2. The van der Waals surface area contributed by atoms with Crippen molar-refractivity contribution in [1.29, 1.82) is 0 Å². The molecule has 0 saturated heterocycles. The third-order valence-corrected chi connectivity index (χ3v) is 4.84. The van der Waals surface area contributed by atoms with Crippen LogP contribution < -0.4 is 5.73 Å². The maximum absolute atomic E-state index is 13.4. The van der Waals surface area contributed by atoms with Crippen molar-refractivity contribution in [1.82, 2.24) is 19.7 Å². The molecule has 6 nitrogen and oxygen atoms in total. The molecule has 0 unspecified atom stereocenters. The molecule has 0 radical (unpaired) electrons. The highest BCUT2D eigenvalue weighted by atomic mass is 35.5. The van der Waals surface area contributed by atoms with Gasteiger partial charge in [-0.1, -0.05) is 23.4 Å². The number of ketones is 1. The molecule has 0 amide bonds. The number of nitrogens with one attached hydrogen (secondary N) is 1. The first-order valence-electron chi connectivity index (χ1n) is 7.35. The maximum Gasteiger partial charge on any atom is 0.216 e. The Morgan fingerprint density at radius 1 is 1.40 bits per heavy atom. The average Bonchev–Trinajstić information content (AvgIpc) is 3.11. The number of thioether (sulfide) groups is 1. The highest BCUT2D eigenvalue weighted by molar-refractivity contribution is 7.99. The number of nitrogens with zero attached hydrogens (tertiary/aromatic N) is 3. The second-order valence-corrected chi connectivity index (χ2v) is 6.78. The van der Waals surface area contributed by atoms with E-state index in [4.69, 9.17) is 17.3 Å². The molecule has 130 valence electrons. The van der Waals surface area contributed by atoms with E-state index in [0.717, 1.165) is 11.4 Å². The minimum atomic E-state index is -0.480. The molecule has 3 aromatic rings. The third-order valence-electron chi connectivity index (χ3n) is 3.71. The smallest absolute Gasteiger partial charge is 0.216 e. The number of anilines is 1. The number of carbonyl (C=O) groups is 1. The molecule has 0 saturated carbocycles. The van der Waals surface area contributed by atoms with Crippen molar-refractivity contribution in [2.45, 2.75) is 19.0 Å². The molecule has 2 heterocycles. The van der Waals surface area contributed by atoms with E-state index in [2.05, 4.69) is 15.2 Å². The molecule has 0 aliphatic rings. The summed E-state index contributed by atoms with van der Waals surface area (Å²) in [6, 6.07) is 6.28. The van der Waals surface area contributed by atoms with Crippen LogP contribution in [0.3, 0.4) is 0 Å². The predicted molar refractivity (Wildman–Crippen MR) is 96.1 cm³/mol. The second kappa shape index (κ2) is 6.89. The van der Waals surface area contributed by atoms with Crippen molar-refractivity contribution in [2.75, 3.05) is 11.5 Å². The fraction of sp³-hybridized carbons (Fsp3) is 0.188. The van der Waals surface area contributed by atoms with Crippen LogP contribution in [0, 0.1) is 19.7 Å². The van der Waals surface area contributed by atoms with Crippen molar-refractivity contribution in [3.05, 3.63) is 52.1 Å². The van der Waals surface area contributed by atoms with Gasteiger partial charge in [0.1, 0.15) is 5.82 Å². The van der Waals surface area contributed by atoms with Crippen LogP contribution in [0.2, 0.25) is 5.02 Å². The molecular formula is C16H15ClFN5OS. The van der Waals surface area contributed by atoms with Crippen molar-refractivity contribution < 1.29 is 9.18 Å². The summed E-state index contributed by atoms with van der Waals surface area (Å²) in [5, 5.41) is 6.87. The predicted octanol–water partition coefficient (Wildman–Crippen LogP) is 3.56. The summed E-state index contributed by atoms with van der Waals surface area (Å²) in [7, 11) is 0. The van der Waals surface area contributed by atoms with Crippen molar-refractivity contribution >= 4 is 35.1 Å². The maximum atomic E-state index is 13.4. The van der Waals surface area contributed by atoms with Crippen molar-refractivity contribution in [2.24, 2.45) is 0 Å². The molecule has 0 aliphatic heterocycles. The number of nitrogen functional groups attached to an aromatic ring is 1. The zero-order chi connectivity index (χ0) is 18.1. The molecule has 0 spiro atoms. The summed E-state index contributed by atoms with van der Waals surface area (Å²) in [6.45, 7) is 3.72. The quantitative estimate of drug-likeness (QED) is 0.522. The van der Waals surface area contributed by atoms with Crippen LogP contribution in [0.1, 0.15) is 21.7 Å². The van der Waals surface area contributed by atoms with Gasteiger partial charge in [-0.3, -0.25) is 4.79 Å². The number of aryl methyl sites for hydroxylation is 1. The van der Waals surface area contributed by atoms with Gasteiger partial charge in [0.15, 0.2) is 5.78 Å². The van der Waals surface area contributed by atoms with E-state index >= 15 is 0 Å². The Morgan fingerprint density at radius 3 is 2.80 bits per heavy atom. The van der Waals surface area contributed by atoms with Crippen LogP contribution in [0.15, 0.2) is 29.4 Å². The Bertz CT molecular complexity index is 952. The lowest BCUT2D eigenvalue weighted by molar-refractivity contribution is 0.102. The molecule has 1 aromatic carbocycles. The van der Waals surface area contributed by atoms with E-state index in [0.29, 0.717) is 16.4 Å². The summed E-state index contributed by atoms with van der Waals surface area (Å²) in [5.41, 5.74) is 8.38. The molecule has 2 aromatic heterocycles. The molecule has 0 bridgehead atoms. The zero-order valence-electron chi connectivity index (χ0n) is 13.5. The Labute approximate surface area is 152 Å². The number of H-pyrrole nitrogens is 1. The normalized spacial score (nSPS) is 11.0. The summed E-state index contributed by atoms with van der Waals surface area (Å²) >= 11 is 7.08. The van der Waals surface area contributed by atoms with Crippen LogP contribution >= 0.6 is 23.4 Å². The number of benzene rings is 1. The fourth-order valence-corrected chi connectivity index (χ4v) is 3.46. The molecular weight excluding hydrogens is 365 g/mol. The van der Waals surface area contributed by atoms with Gasteiger partial charge in [0.2, 0.25) is 11.1 Å². The van der Waals surface area contributed by atoms with Gasteiger partial charge in [0, 0.05) is 22.6 Å². The first-order valence-corrected chi connectivity index (χ1v) is 8.71. The number of hydrogen-bond acceptors (Lipinski definition) is 5. The first-order chi connectivity index (χ1) is 11.9. The zero-order valence-corrected chi connectivity index (χ0v) is 15.1. The van der Waals surface area contributed by atoms with Gasteiger partial charge >= 0.3 is 0 Å². The number of hydrogen-bond donors (Lipinski definition) is 2. The number of Topliss-reactive ketones (excluding diaryl/α,β-unsaturated/α-hetero) is 1. The van der Waals surface area contributed by atoms with Gasteiger partial charge in [-0.05, 0) is 38.1 Å². The first kappa shape index (κ1) is 17.5. The third kappa shape index (κ3) is 3.54. The van der Waals surface area contributed by atoms with E-state index in [1.807, 2.05) is 24.5 Å². The van der Waals surface area contributed by atoms with E-state index in [-0.39, 0.29) is 22.5 Å². The monoisotopic (exact) mass is 379 g/mol. The molecule has 0 fully saturated rings. The number of aromatic amines is 1. The minimum Gasteiger partial charge on any atom is -0.368 e. The van der Waals surface area contributed by atoms with Crippen molar-refractivity contribution in [3.8, 4) is 5.69 Å². The summed E-state index contributed by atoms with van der Waals surface area (Å²) in [5.74, 6) is -0.139.